The first kappa shape index (κ1) is 28.7. The summed E-state index contributed by atoms with van der Waals surface area (Å²) in [5, 5.41) is 2.72. The topological polar surface area (TPSA) is 132 Å². The van der Waals surface area contributed by atoms with Crippen molar-refractivity contribution in [1.82, 2.24) is 9.62 Å². The number of ether oxygens (including phenoxy) is 3. The van der Waals surface area contributed by atoms with Crippen molar-refractivity contribution in [3.8, 4) is 11.5 Å². The Labute approximate surface area is 218 Å². The van der Waals surface area contributed by atoms with E-state index in [4.69, 9.17) is 14.2 Å². The van der Waals surface area contributed by atoms with Crippen molar-refractivity contribution in [2.24, 2.45) is 0 Å². The number of methoxy groups -OCH3 is 1. The molecular weight excluding hydrogens is 522 g/mol. The molecule has 1 saturated heterocycles. The van der Waals surface area contributed by atoms with E-state index < -0.39 is 32.0 Å². The zero-order valence-corrected chi connectivity index (χ0v) is 22.8. The summed E-state index contributed by atoms with van der Waals surface area (Å²) >= 11 is 0. The highest BCUT2D eigenvalue weighted by Gasteiger charge is 2.31. The van der Waals surface area contributed by atoms with E-state index in [0.29, 0.717) is 43.5 Å². The number of hydrogen-bond acceptors (Lipinski definition) is 8. The van der Waals surface area contributed by atoms with Crippen molar-refractivity contribution in [3.63, 3.8) is 0 Å². The molecule has 1 aliphatic heterocycles. The summed E-state index contributed by atoms with van der Waals surface area (Å²) in [4.78, 5) is 13.1. The summed E-state index contributed by atoms with van der Waals surface area (Å²) in [6.45, 7) is 3.32. The predicted octanol–water partition coefficient (Wildman–Crippen LogP) is 1.46. The largest absolute Gasteiger partial charge is 0.497 e. The molecule has 0 spiro atoms. The summed E-state index contributed by atoms with van der Waals surface area (Å²) < 4.78 is 69.1. The molecule has 11 nitrogen and oxygen atoms in total. The molecule has 0 aliphatic carbocycles. The molecule has 37 heavy (non-hydrogen) atoms. The molecule has 1 heterocycles. The minimum atomic E-state index is -3.77. The number of morpholine rings is 1. The van der Waals surface area contributed by atoms with Gasteiger partial charge in [-0.05, 0) is 42.8 Å². The summed E-state index contributed by atoms with van der Waals surface area (Å²) in [7, 11) is -5.89. The first-order valence-corrected chi connectivity index (χ1v) is 15.1. The van der Waals surface area contributed by atoms with E-state index in [1.165, 1.54) is 23.5 Å². The van der Waals surface area contributed by atoms with Crippen molar-refractivity contribution in [1.29, 1.82) is 0 Å². The Bertz CT molecular complexity index is 1260. The standard InChI is InChI=1S/C24H33N3O8S2/c1-4-23(27(36(3,29)30)19-6-5-7-21(18-19)33-2)24(28)25-12-15-35-20-8-10-22(11-9-20)37(31,32)26-13-16-34-17-14-26/h5-11,18,23H,4,12-17H2,1-3H3,(H,25,28)/t23-/m0/s1. The molecule has 0 bridgehead atoms. The zero-order chi connectivity index (χ0) is 27.1. The van der Waals surface area contributed by atoms with Gasteiger partial charge in [0.2, 0.25) is 26.0 Å². The molecule has 0 saturated carbocycles. The number of anilines is 1. The van der Waals surface area contributed by atoms with E-state index in [-0.39, 0.29) is 24.5 Å². The van der Waals surface area contributed by atoms with Crippen LogP contribution in [0, 0.1) is 0 Å². The molecule has 1 fully saturated rings. The van der Waals surface area contributed by atoms with Gasteiger partial charge in [-0.2, -0.15) is 4.31 Å². The second kappa shape index (κ2) is 12.6. The van der Waals surface area contributed by atoms with Gasteiger partial charge in [-0.25, -0.2) is 16.8 Å². The number of hydrogen-bond donors (Lipinski definition) is 1. The first-order chi connectivity index (χ1) is 17.6. The van der Waals surface area contributed by atoms with Gasteiger partial charge in [0, 0.05) is 19.2 Å². The Morgan fingerprint density at radius 3 is 2.35 bits per heavy atom. The molecule has 0 aromatic heterocycles. The highest BCUT2D eigenvalue weighted by molar-refractivity contribution is 7.92. The predicted molar refractivity (Wildman–Crippen MR) is 139 cm³/mol. The zero-order valence-electron chi connectivity index (χ0n) is 21.1. The number of carbonyl (C=O) groups excluding carboxylic acids is 1. The monoisotopic (exact) mass is 555 g/mol. The molecule has 1 atom stereocenters. The van der Waals surface area contributed by atoms with Crippen LogP contribution in [-0.2, 0) is 29.6 Å². The van der Waals surface area contributed by atoms with Crippen molar-refractivity contribution in [2.75, 3.05) is 57.1 Å². The Hall–Kier alpha value is -2.87. The highest BCUT2D eigenvalue weighted by atomic mass is 32.2. The average Bonchev–Trinajstić information content (AvgIpc) is 2.89. The second-order valence-corrected chi connectivity index (χ2v) is 12.1. The molecule has 2 aromatic rings. The number of nitrogens with zero attached hydrogens (tertiary/aromatic N) is 2. The second-order valence-electron chi connectivity index (χ2n) is 8.31. The van der Waals surface area contributed by atoms with Gasteiger partial charge in [-0.1, -0.05) is 13.0 Å². The minimum Gasteiger partial charge on any atom is -0.497 e. The van der Waals surface area contributed by atoms with Crippen molar-refractivity contribution >= 4 is 31.6 Å². The lowest BCUT2D eigenvalue weighted by Crippen LogP contribution is -2.50. The van der Waals surface area contributed by atoms with E-state index >= 15 is 0 Å². The molecular formula is C24H33N3O8S2. The fraction of sp³-hybridized carbons (Fsp3) is 0.458. The smallest absolute Gasteiger partial charge is 0.244 e. The van der Waals surface area contributed by atoms with Crippen LogP contribution < -0.4 is 19.1 Å². The quantitative estimate of drug-likeness (QED) is 0.390. The average molecular weight is 556 g/mol. The molecule has 1 amide bonds. The fourth-order valence-electron chi connectivity index (χ4n) is 3.91. The van der Waals surface area contributed by atoms with Gasteiger partial charge < -0.3 is 19.5 Å². The van der Waals surface area contributed by atoms with Gasteiger partial charge in [-0.15, -0.1) is 0 Å². The first-order valence-electron chi connectivity index (χ1n) is 11.8. The fourth-order valence-corrected chi connectivity index (χ4v) is 6.52. The number of nitrogens with one attached hydrogen (secondary N) is 1. The van der Waals surface area contributed by atoms with Gasteiger partial charge in [0.05, 0.1) is 43.7 Å². The third-order valence-corrected chi connectivity index (χ3v) is 8.83. The SMILES string of the molecule is CC[C@@H](C(=O)NCCOc1ccc(S(=O)(=O)N2CCOCC2)cc1)N(c1cccc(OC)c1)S(C)(=O)=O. The minimum absolute atomic E-state index is 0.107. The van der Waals surface area contributed by atoms with Crippen LogP contribution in [0.3, 0.4) is 0 Å². The summed E-state index contributed by atoms with van der Waals surface area (Å²) in [6.07, 6.45) is 1.30. The van der Waals surface area contributed by atoms with Crippen LogP contribution in [0.15, 0.2) is 53.4 Å². The molecule has 1 N–H and O–H groups in total. The van der Waals surface area contributed by atoms with E-state index in [9.17, 15) is 21.6 Å². The maximum Gasteiger partial charge on any atom is 0.244 e. The van der Waals surface area contributed by atoms with Crippen LogP contribution in [0.1, 0.15) is 13.3 Å². The molecule has 2 aromatic carbocycles. The summed E-state index contributed by atoms with van der Waals surface area (Å²) in [6, 6.07) is 11.6. The van der Waals surface area contributed by atoms with E-state index in [1.807, 2.05) is 0 Å². The number of sulfonamides is 2. The normalized spacial score (nSPS) is 15.5. The van der Waals surface area contributed by atoms with Crippen LogP contribution in [0.5, 0.6) is 11.5 Å². The van der Waals surface area contributed by atoms with Gasteiger partial charge in [0.25, 0.3) is 0 Å². The number of benzene rings is 2. The lowest BCUT2D eigenvalue weighted by atomic mass is 10.2. The molecule has 204 valence electrons. The van der Waals surface area contributed by atoms with Crippen LogP contribution in [0.25, 0.3) is 0 Å². The molecule has 3 rings (SSSR count). The van der Waals surface area contributed by atoms with Crippen molar-refractivity contribution < 1.29 is 35.8 Å². The highest BCUT2D eigenvalue weighted by Crippen LogP contribution is 2.26. The summed E-state index contributed by atoms with van der Waals surface area (Å²) in [5.41, 5.74) is 0.326. The van der Waals surface area contributed by atoms with E-state index in [1.54, 1.807) is 43.3 Å². The van der Waals surface area contributed by atoms with E-state index in [0.717, 1.165) is 10.6 Å². The van der Waals surface area contributed by atoms with Gasteiger partial charge in [0.1, 0.15) is 24.1 Å². The lowest BCUT2D eigenvalue weighted by molar-refractivity contribution is -0.122. The molecule has 13 heteroatoms. The van der Waals surface area contributed by atoms with Crippen LogP contribution >= 0.6 is 0 Å². The van der Waals surface area contributed by atoms with Crippen molar-refractivity contribution in [2.45, 2.75) is 24.3 Å². The Kier molecular flexibility index (Phi) is 9.76. The summed E-state index contributed by atoms with van der Waals surface area (Å²) in [5.74, 6) is 0.446. The molecule has 0 unspecified atom stereocenters. The number of carbonyl (C=O) groups is 1. The number of amides is 1. The van der Waals surface area contributed by atoms with Crippen LogP contribution in [-0.4, -0.2) is 85.9 Å². The van der Waals surface area contributed by atoms with Gasteiger partial charge in [-0.3, -0.25) is 9.10 Å². The van der Waals surface area contributed by atoms with E-state index in [2.05, 4.69) is 5.32 Å². The lowest BCUT2D eigenvalue weighted by Gasteiger charge is -2.30. The maximum absolute atomic E-state index is 12.9. The van der Waals surface area contributed by atoms with Crippen molar-refractivity contribution in [3.05, 3.63) is 48.5 Å². The Morgan fingerprint density at radius 1 is 1.08 bits per heavy atom. The van der Waals surface area contributed by atoms with Crippen LogP contribution in [0.2, 0.25) is 0 Å². The molecule has 0 radical (unpaired) electrons. The third kappa shape index (κ3) is 7.34. The molecule has 1 aliphatic rings. The Morgan fingerprint density at radius 2 is 1.76 bits per heavy atom. The third-order valence-electron chi connectivity index (χ3n) is 5.74. The number of rotatable bonds is 12. The maximum atomic E-state index is 12.9. The Balaban J connectivity index is 1.58. The van der Waals surface area contributed by atoms with Gasteiger partial charge >= 0.3 is 0 Å². The van der Waals surface area contributed by atoms with Crippen LogP contribution in [0.4, 0.5) is 5.69 Å². The van der Waals surface area contributed by atoms with Gasteiger partial charge in [0.15, 0.2) is 0 Å².